The maximum atomic E-state index is 5.76. The van der Waals surface area contributed by atoms with E-state index in [4.69, 9.17) is 4.74 Å². The van der Waals surface area contributed by atoms with Crippen molar-refractivity contribution in [2.75, 3.05) is 42.6 Å². The molecule has 9 heteroatoms. The van der Waals surface area contributed by atoms with Gasteiger partial charge in [0.1, 0.15) is 6.33 Å². The highest BCUT2D eigenvalue weighted by molar-refractivity contribution is 5.83. The van der Waals surface area contributed by atoms with Crippen molar-refractivity contribution in [2.45, 2.75) is 25.5 Å². The normalized spacial score (nSPS) is 20.5. The number of rotatable bonds is 4. The lowest BCUT2D eigenvalue weighted by Crippen LogP contribution is -2.47. The van der Waals surface area contributed by atoms with E-state index >= 15 is 0 Å². The Hall–Kier alpha value is -2.81. The third-order valence-electron chi connectivity index (χ3n) is 5.22. The lowest BCUT2D eigenvalue weighted by molar-refractivity contribution is 0.0978. The molecule has 0 radical (unpaired) electrons. The van der Waals surface area contributed by atoms with Gasteiger partial charge in [-0.1, -0.05) is 0 Å². The third-order valence-corrected chi connectivity index (χ3v) is 5.22. The SMILES string of the molecule is c1cnc(N2CCN(c3ncnc4c3ncn4CC3CCCO3)CC2)nc1. The average Bonchev–Trinajstić information content (AvgIpc) is 3.39. The molecule has 9 nitrogen and oxygen atoms in total. The third kappa shape index (κ3) is 3.18. The van der Waals surface area contributed by atoms with E-state index in [1.165, 1.54) is 0 Å². The molecule has 2 saturated heterocycles. The quantitative estimate of drug-likeness (QED) is 0.679. The lowest BCUT2D eigenvalue weighted by atomic mass is 10.2. The minimum Gasteiger partial charge on any atom is -0.376 e. The van der Waals surface area contributed by atoms with Gasteiger partial charge in [0, 0.05) is 45.2 Å². The smallest absolute Gasteiger partial charge is 0.225 e. The van der Waals surface area contributed by atoms with Crippen LogP contribution in [-0.4, -0.2) is 68.4 Å². The number of aromatic nitrogens is 6. The van der Waals surface area contributed by atoms with Crippen molar-refractivity contribution in [3.63, 3.8) is 0 Å². The zero-order valence-electron chi connectivity index (χ0n) is 15.1. The number of anilines is 2. The van der Waals surface area contributed by atoms with E-state index in [0.717, 1.165) is 75.1 Å². The zero-order valence-corrected chi connectivity index (χ0v) is 15.1. The molecule has 27 heavy (non-hydrogen) atoms. The molecule has 0 N–H and O–H groups in total. The first-order valence-electron chi connectivity index (χ1n) is 9.43. The summed E-state index contributed by atoms with van der Waals surface area (Å²) in [5.74, 6) is 1.69. The van der Waals surface area contributed by atoms with Crippen molar-refractivity contribution >= 4 is 22.9 Å². The molecule has 3 aromatic heterocycles. The highest BCUT2D eigenvalue weighted by Crippen LogP contribution is 2.24. The Kier molecular flexibility index (Phi) is 4.29. The van der Waals surface area contributed by atoms with Crippen molar-refractivity contribution in [1.82, 2.24) is 29.5 Å². The Morgan fingerprint density at radius 3 is 2.56 bits per heavy atom. The monoisotopic (exact) mass is 366 g/mol. The highest BCUT2D eigenvalue weighted by atomic mass is 16.5. The summed E-state index contributed by atoms with van der Waals surface area (Å²) < 4.78 is 7.84. The van der Waals surface area contributed by atoms with Crippen LogP contribution in [0.1, 0.15) is 12.8 Å². The first-order chi connectivity index (χ1) is 13.4. The van der Waals surface area contributed by atoms with Gasteiger partial charge in [0.2, 0.25) is 5.95 Å². The summed E-state index contributed by atoms with van der Waals surface area (Å²) in [6.07, 6.45) is 9.55. The topological polar surface area (TPSA) is 85.1 Å². The number of hydrogen-bond acceptors (Lipinski definition) is 8. The number of fused-ring (bicyclic) bond motifs is 1. The number of piperazine rings is 1. The van der Waals surface area contributed by atoms with Crippen molar-refractivity contribution < 1.29 is 4.74 Å². The van der Waals surface area contributed by atoms with Crippen molar-refractivity contribution in [2.24, 2.45) is 0 Å². The van der Waals surface area contributed by atoms with Gasteiger partial charge in [-0.25, -0.2) is 24.9 Å². The average molecular weight is 366 g/mol. The van der Waals surface area contributed by atoms with Crippen molar-refractivity contribution in [3.8, 4) is 0 Å². The fourth-order valence-corrected chi connectivity index (χ4v) is 3.81. The Balaban J connectivity index is 1.34. The van der Waals surface area contributed by atoms with E-state index in [9.17, 15) is 0 Å². The molecule has 2 aliphatic rings. The van der Waals surface area contributed by atoms with Crippen molar-refractivity contribution in [1.29, 1.82) is 0 Å². The molecule has 0 aromatic carbocycles. The van der Waals surface area contributed by atoms with Crippen LogP contribution in [0, 0.1) is 0 Å². The number of nitrogens with zero attached hydrogens (tertiary/aromatic N) is 8. The molecular formula is C18H22N8O. The molecule has 2 aliphatic heterocycles. The Labute approximate surface area is 157 Å². The second kappa shape index (κ2) is 7.07. The van der Waals surface area contributed by atoms with Gasteiger partial charge in [-0.15, -0.1) is 0 Å². The summed E-state index contributed by atoms with van der Waals surface area (Å²) in [5, 5.41) is 0. The van der Waals surface area contributed by atoms with Crippen molar-refractivity contribution in [3.05, 3.63) is 31.1 Å². The molecule has 1 unspecified atom stereocenters. The standard InChI is InChI=1S/C18H22N8O/c1-3-14(27-10-1)11-26-13-23-15-16(21-12-22-17(15)26)24-6-8-25(9-7-24)18-19-4-2-5-20-18/h2,4-5,12-14H,1,3,6-11H2. The fourth-order valence-electron chi connectivity index (χ4n) is 3.81. The summed E-state index contributed by atoms with van der Waals surface area (Å²) >= 11 is 0. The van der Waals surface area contributed by atoms with E-state index in [1.54, 1.807) is 18.7 Å². The van der Waals surface area contributed by atoms with E-state index in [0.29, 0.717) is 0 Å². The number of hydrogen-bond donors (Lipinski definition) is 0. The molecule has 0 bridgehead atoms. The molecule has 5 rings (SSSR count). The molecule has 1 atom stereocenters. The van der Waals surface area contributed by atoms with Crippen LogP contribution in [0.4, 0.5) is 11.8 Å². The predicted octanol–water partition coefficient (Wildman–Crippen LogP) is 1.12. The fraction of sp³-hybridized carbons (Fsp3) is 0.500. The maximum absolute atomic E-state index is 5.76. The van der Waals surface area contributed by atoms with Gasteiger partial charge < -0.3 is 19.1 Å². The molecule has 0 saturated carbocycles. The van der Waals surface area contributed by atoms with Gasteiger partial charge in [0.15, 0.2) is 17.0 Å². The maximum Gasteiger partial charge on any atom is 0.225 e. The minimum atomic E-state index is 0.259. The molecule has 0 aliphatic carbocycles. The van der Waals surface area contributed by atoms with Crippen LogP contribution < -0.4 is 9.80 Å². The molecule has 3 aromatic rings. The summed E-state index contributed by atoms with van der Waals surface area (Å²) in [6, 6.07) is 1.84. The zero-order chi connectivity index (χ0) is 18.1. The Bertz CT molecular complexity index is 900. The van der Waals surface area contributed by atoms with Crippen LogP contribution in [-0.2, 0) is 11.3 Å². The summed E-state index contributed by atoms with van der Waals surface area (Å²) in [6.45, 7) is 5.06. The van der Waals surface area contributed by atoms with Gasteiger partial charge in [-0.3, -0.25) is 0 Å². The highest BCUT2D eigenvalue weighted by Gasteiger charge is 2.24. The molecule has 0 amide bonds. The summed E-state index contributed by atoms with van der Waals surface area (Å²) in [4.78, 5) is 26.8. The molecular weight excluding hydrogens is 344 g/mol. The molecule has 0 spiro atoms. The second-order valence-electron chi connectivity index (χ2n) is 6.92. The second-order valence-corrected chi connectivity index (χ2v) is 6.92. The Morgan fingerprint density at radius 2 is 1.78 bits per heavy atom. The van der Waals surface area contributed by atoms with Crippen LogP contribution in [0.3, 0.4) is 0 Å². The van der Waals surface area contributed by atoms with Gasteiger partial charge in [-0.05, 0) is 18.9 Å². The van der Waals surface area contributed by atoms with E-state index in [2.05, 4.69) is 39.3 Å². The minimum absolute atomic E-state index is 0.259. The Morgan fingerprint density at radius 1 is 0.963 bits per heavy atom. The van der Waals surface area contributed by atoms with E-state index < -0.39 is 0 Å². The van der Waals surface area contributed by atoms with Gasteiger partial charge in [0.05, 0.1) is 19.0 Å². The van der Waals surface area contributed by atoms with Crippen LogP contribution in [0.2, 0.25) is 0 Å². The van der Waals surface area contributed by atoms with Gasteiger partial charge >= 0.3 is 0 Å². The molecule has 2 fully saturated rings. The van der Waals surface area contributed by atoms with Crippen LogP contribution in [0.5, 0.6) is 0 Å². The number of imidazole rings is 1. The first-order valence-corrected chi connectivity index (χ1v) is 9.43. The first kappa shape index (κ1) is 16.4. The van der Waals surface area contributed by atoms with Crippen LogP contribution >= 0.6 is 0 Å². The van der Waals surface area contributed by atoms with Gasteiger partial charge in [-0.2, -0.15) is 0 Å². The van der Waals surface area contributed by atoms with Crippen LogP contribution in [0.25, 0.3) is 11.2 Å². The largest absolute Gasteiger partial charge is 0.376 e. The molecule has 5 heterocycles. The predicted molar refractivity (Wildman–Crippen MR) is 101 cm³/mol. The molecule has 140 valence electrons. The number of ether oxygens (including phenoxy) is 1. The lowest BCUT2D eigenvalue weighted by Gasteiger charge is -2.35. The van der Waals surface area contributed by atoms with E-state index in [-0.39, 0.29) is 6.10 Å². The van der Waals surface area contributed by atoms with Crippen LogP contribution in [0.15, 0.2) is 31.1 Å². The summed E-state index contributed by atoms with van der Waals surface area (Å²) in [7, 11) is 0. The van der Waals surface area contributed by atoms with E-state index in [1.807, 2.05) is 12.4 Å². The van der Waals surface area contributed by atoms with Gasteiger partial charge in [0.25, 0.3) is 0 Å². The summed E-state index contributed by atoms with van der Waals surface area (Å²) in [5.41, 5.74) is 1.74.